The van der Waals surface area contributed by atoms with Crippen LogP contribution in [0.15, 0.2) is 48.5 Å². The summed E-state index contributed by atoms with van der Waals surface area (Å²) in [4.78, 5) is 26.2. The van der Waals surface area contributed by atoms with E-state index in [1.165, 1.54) is 36.4 Å². The standard InChI is InChI=1S/C20H19F2NO3/c21-17-6-4-15(5-7-17)19(24)23-10-8-16(9-11-23)20(25)26-13-14-2-1-3-18(22)12-14/h1-7,12,16H,8-11,13H2. The predicted octanol–water partition coefficient (Wildman–Crippen LogP) is 3.56. The molecule has 0 unspecified atom stereocenters. The molecule has 1 aliphatic rings. The van der Waals surface area contributed by atoms with E-state index in [1.54, 1.807) is 17.0 Å². The van der Waals surface area contributed by atoms with Gasteiger partial charge in [-0.05, 0) is 54.8 Å². The number of halogens is 2. The van der Waals surface area contributed by atoms with Gasteiger partial charge in [0.05, 0.1) is 5.92 Å². The molecule has 2 aromatic carbocycles. The molecule has 0 atom stereocenters. The van der Waals surface area contributed by atoms with Gasteiger partial charge in [0.15, 0.2) is 0 Å². The van der Waals surface area contributed by atoms with Crippen LogP contribution in [0.2, 0.25) is 0 Å². The number of amides is 1. The summed E-state index contributed by atoms with van der Waals surface area (Å²) in [5.41, 5.74) is 1.03. The van der Waals surface area contributed by atoms with Crippen LogP contribution in [0, 0.1) is 17.6 Å². The van der Waals surface area contributed by atoms with Crippen molar-refractivity contribution in [3.05, 3.63) is 71.3 Å². The minimum absolute atomic E-state index is 0.0331. The number of esters is 1. The van der Waals surface area contributed by atoms with E-state index in [2.05, 4.69) is 0 Å². The first-order valence-electron chi connectivity index (χ1n) is 8.49. The molecule has 0 saturated carbocycles. The average molecular weight is 359 g/mol. The summed E-state index contributed by atoms with van der Waals surface area (Å²) in [6.07, 6.45) is 1.02. The van der Waals surface area contributed by atoms with Crippen molar-refractivity contribution in [3.63, 3.8) is 0 Å². The van der Waals surface area contributed by atoms with Crippen LogP contribution >= 0.6 is 0 Å². The summed E-state index contributed by atoms with van der Waals surface area (Å²) < 4.78 is 31.3. The zero-order valence-electron chi connectivity index (χ0n) is 14.2. The van der Waals surface area contributed by atoms with E-state index >= 15 is 0 Å². The minimum Gasteiger partial charge on any atom is -0.461 e. The topological polar surface area (TPSA) is 46.6 Å². The van der Waals surface area contributed by atoms with Gasteiger partial charge in [0.2, 0.25) is 0 Å². The number of carbonyl (C=O) groups is 2. The van der Waals surface area contributed by atoms with Gasteiger partial charge in [-0.15, -0.1) is 0 Å². The van der Waals surface area contributed by atoms with Crippen molar-refractivity contribution in [2.24, 2.45) is 5.92 Å². The summed E-state index contributed by atoms with van der Waals surface area (Å²) in [5.74, 6) is -1.53. The molecule has 0 aliphatic carbocycles. The Morgan fingerprint density at radius 1 is 1.00 bits per heavy atom. The maximum Gasteiger partial charge on any atom is 0.309 e. The zero-order chi connectivity index (χ0) is 18.5. The van der Waals surface area contributed by atoms with E-state index in [1.807, 2.05) is 0 Å². The van der Waals surface area contributed by atoms with E-state index in [0.717, 1.165) is 0 Å². The third kappa shape index (κ3) is 4.45. The highest BCUT2D eigenvalue weighted by atomic mass is 19.1. The number of benzene rings is 2. The lowest BCUT2D eigenvalue weighted by Gasteiger charge is -2.31. The Morgan fingerprint density at radius 3 is 2.35 bits per heavy atom. The Morgan fingerprint density at radius 2 is 1.69 bits per heavy atom. The molecule has 0 aromatic heterocycles. The van der Waals surface area contributed by atoms with Crippen LogP contribution < -0.4 is 0 Å². The number of piperidine rings is 1. The van der Waals surface area contributed by atoms with Crippen molar-refractivity contribution < 1.29 is 23.1 Å². The number of nitrogens with zero attached hydrogens (tertiary/aromatic N) is 1. The molecule has 6 heteroatoms. The molecular formula is C20H19F2NO3. The quantitative estimate of drug-likeness (QED) is 0.784. The average Bonchev–Trinajstić information content (AvgIpc) is 2.66. The molecule has 0 N–H and O–H groups in total. The first-order chi connectivity index (χ1) is 12.5. The second-order valence-corrected chi connectivity index (χ2v) is 6.31. The highest BCUT2D eigenvalue weighted by molar-refractivity contribution is 5.94. The molecule has 3 rings (SSSR count). The molecule has 0 spiro atoms. The van der Waals surface area contributed by atoms with Crippen molar-refractivity contribution in [1.82, 2.24) is 4.90 Å². The van der Waals surface area contributed by atoms with Crippen molar-refractivity contribution in [1.29, 1.82) is 0 Å². The molecule has 1 saturated heterocycles. The van der Waals surface area contributed by atoms with Crippen LogP contribution in [0.25, 0.3) is 0 Å². The Hall–Kier alpha value is -2.76. The molecule has 1 fully saturated rings. The number of ether oxygens (including phenoxy) is 1. The van der Waals surface area contributed by atoms with Crippen LogP contribution in [0.1, 0.15) is 28.8 Å². The molecular weight excluding hydrogens is 340 g/mol. The Kier molecular flexibility index (Phi) is 5.61. The summed E-state index contributed by atoms with van der Waals surface area (Å²) in [5, 5.41) is 0. The molecule has 136 valence electrons. The third-order valence-electron chi connectivity index (χ3n) is 4.48. The minimum atomic E-state index is -0.388. The fourth-order valence-corrected chi connectivity index (χ4v) is 2.99. The van der Waals surface area contributed by atoms with Crippen molar-refractivity contribution >= 4 is 11.9 Å². The Bertz CT molecular complexity index is 784. The van der Waals surface area contributed by atoms with Crippen molar-refractivity contribution in [2.75, 3.05) is 13.1 Å². The van der Waals surface area contributed by atoms with Crippen LogP contribution in [-0.4, -0.2) is 29.9 Å². The molecule has 2 aromatic rings. The van der Waals surface area contributed by atoms with Crippen LogP contribution in [0.5, 0.6) is 0 Å². The summed E-state index contributed by atoms with van der Waals surface area (Å²) >= 11 is 0. The van der Waals surface area contributed by atoms with Gasteiger partial charge in [0, 0.05) is 18.7 Å². The maximum atomic E-state index is 13.1. The smallest absolute Gasteiger partial charge is 0.309 e. The molecule has 0 bridgehead atoms. The predicted molar refractivity (Wildman–Crippen MR) is 91.2 cm³/mol. The zero-order valence-corrected chi connectivity index (χ0v) is 14.2. The van der Waals surface area contributed by atoms with Crippen LogP contribution in [0.4, 0.5) is 8.78 Å². The van der Waals surface area contributed by atoms with E-state index in [0.29, 0.717) is 37.1 Å². The summed E-state index contributed by atoms with van der Waals surface area (Å²) in [6, 6.07) is 11.3. The van der Waals surface area contributed by atoms with Gasteiger partial charge in [-0.3, -0.25) is 9.59 Å². The number of rotatable bonds is 4. The number of hydrogen-bond acceptors (Lipinski definition) is 3. The molecule has 1 aliphatic heterocycles. The van der Waals surface area contributed by atoms with E-state index in [9.17, 15) is 18.4 Å². The molecule has 26 heavy (non-hydrogen) atoms. The lowest BCUT2D eigenvalue weighted by atomic mass is 9.96. The normalized spacial score (nSPS) is 14.9. The molecule has 0 radical (unpaired) electrons. The monoisotopic (exact) mass is 359 g/mol. The summed E-state index contributed by atoms with van der Waals surface area (Å²) in [7, 11) is 0. The fourth-order valence-electron chi connectivity index (χ4n) is 2.99. The first kappa shape index (κ1) is 18.0. The largest absolute Gasteiger partial charge is 0.461 e. The van der Waals surface area contributed by atoms with Gasteiger partial charge in [-0.2, -0.15) is 0 Å². The van der Waals surface area contributed by atoms with Crippen molar-refractivity contribution in [3.8, 4) is 0 Å². The van der Waals surface area contributed by atoms with E-state index in [4.69, 9.17) is 4.74 Å². The van der Waals surface area contributed by atoms with Gasteiger partial charge in [-0.1, -0.05) is 12.1 Å². The maximum absolute atomic E-state index is 13.1. The summed E-state index contributed by atoms with van der Waals surface area (Å²) in [6.45, 7) is 0.914. The fraction of sp³-hybridized carbons (Fsp3) is 0.300. The van der Waals surface area contributed by atoms with E-state index in [-0.39, 0.29) is 36.0 Å². The Labute approximate surface area is 150 Å². The highest BCUT2D eigenvalue weighted by Gasteiger charge is 2.28. The van der Waals surface area contributed by atoms with E-state index < -0.39 is 0 Å². The SMILES string of the molecule is O=C(OCc1cccc(F)c1)C1CCN(C(=O)c2ccc(F)cc2)CC1. The second kappa shape index (κ2) is 8.08. The number of likely N-dealkylation sites (tertiary alicyclic amines) is 1. The third-order valence-corrected chi connectivity index (χ3v) is 4.48. The van der Waals surface area contributed by atoms with Gasteiger partial charge >= 0.3 is 5.97 Å². The second-order valence-electron chi connectivity index (χ2n) is 6.31. The highest BCUT2D eigenvalue weighted by Crippen LogP contribution is 2.21. The Balaban J connectivity index is 1.49. The van der Waals surface area contributed by atoms with Gasteiger partial charge in [-0.25, -0.2) is 8.78 Å². The van der Waals surface area contributed by atoms with Crippen molar-refractivity contribution in [2.45, 2.75) is 19.4 Å². The van der Waals surface area contributed by atoms with Gasteiger partial charge in [0.1, 0.15) is 18.2 Å². The van der Waals surface area contributed by atoms with Crippen LogP contribution in [0.3, 0.4) is 0 Å². The molecule has 4 nitrogen and oxygen atoms in total. The number of hydrogen-bond donors (Lipinski definition) is 0. The van der Waals surface area contributed by atoms with Gasteiger partial charge < -0.3 is 9.64 Å². The van der Waals surface area contributed by atoms with Crippen LogP contribution in [-0.2, 0) is 16.1 Å². The lowest BCUT2D eigenvalue weighted by molar-refractivity contribution is -0.151. The lowest BCUT2D eigenvalue weighted by Crippen LogP contribution is -2.40. The first-order valence-corrected chi connectivity index (χ1v) is 8.49. The number of carbonyl (C=O) groups excluding carboxylic acids is 2. The van der Waals surface area contributed by atoms with Gasteiger partial charge in [0.25, 0.3) is 5.91 Å². The molecule has 1 heterocycles. The molecule has 1 amide bonds.